The van der Waals surface area contributed by atoms with Crippen LogP contribution in [-0.4, -0.2) is 69.1 Å². The van der Waals surface area contributed by atoms with Crippen LogP contribution in [0, 0.1) is 21.4 Å². The van der Waals surface area contributed by atoms with E-state index in [-0.39, 0.29) is 27.4 Å². The lowest BCUT2D eigenvalue weighted by Gasteiger charge is -2.56. The van der Waals surface area contributed by atoms with Crippen molar-refractivity contribution in [3.8, 4) is 0 Å². The highest BCUT2D eigenvalue weighted by Crippen LogP contribution is 2.54. The number of anilines is 2. The number of carbonyl (C=O) groups is 1. The third-order valence-corrected chi connectivity index (χ3v) is 14.7. The molecule has 2 saturated heterocycles. The molecule has 3 aromatic rings. The van der Waals surface area contributed by atoms with E-state index in [0.29, 0.717) is 35.9 Å². The van der Waals surface area contributed by atoms with E-state index in [4.69, 9.17) is 4.74 Å². The first kappa shape index (κ1) is 39.2. The fourth-order valence-corrected chi connectivity index (χ4v) is 10.7. The zero-order valence-corrected chi connectivity index (χ0v) is 33.6. The Labute approximate surface area is 326 Å². The lowest BCUT2D eigenvalue weighted by Crippen LogP contribution is -2.54. The second-order valence-electron chi connectivity index (χ2n) is 17.1. The molecule has 3 aromatic carbocycles. The van der Waals surface area contributed by atoms with Gasteiger partial charge in [-0.2, -0.15) is 0 Å². The summed E-state index contributed by atoms with van der Waals surface area (Å²) in [6.45, 7) is 10.3. The number of methoxy groups -OCH3 is 1. The number of benzene rings is 3. The van der Waals surface area contributed by atoms with Gasteiger partial charge >= 0.3 is 0 Å². The van der Waals surface area contributed by atoms with Crippen molar-refractivity contribution in [2.24, 2.45) is 11.3 Å². The molecule has 0 aromatic heterocycles. The van der Waals surface area contributed by atoms with Gasteiger partial charge in [-0.05, 0) is 142 Å². The number of nitrogens with one attached hydrogen (secondary N) is 2. The lowest BCUT2D eigenvalue weighted by molar-refractivity contribution is -0.384. The number of sulfonamides is 1. The molecule has 12 heteroatoms. The number of likely N-dealkylation sites (tertiary alicyclic amines) is 1. The number of piperidine rings is 1. The van der Waals surface area contributed by atoms with E-state index in [9.17, 15) is 23.3 Å². The van der Waals surface area contributed by atoms with Crippen molar-refractivity contribution in [1.29, 1.82) is 0 Å². The summed E-state index contributed by atoms with van der Waals surface area (Å²) in [6.07, 6.45) is 11.0. The Bertz CT molecular complexity index is 1960. The van der Waals surface area contributed by atoms with Crippen molar-refractivity contribution in [3.05, 3.63) is 93.5 Å². The molecular formula is C43H57N5O6S. The van der Waals surface area contributed by atoms with Gasteiger partial charge in [0.15, 0.2) is 0 Å². The number of nitro groups is 1. The Balaban J connectivity index is 0.912. The molecule has 296 valence electrons. The Morgan fingerprint density at radius 3 is 2.31 bits per heavy atom. The SMILES string of the molecule is COC1(C)CCC(CNc2ccc(S(=O)(=O)NC(=O)c3ccc(N4CCC5(CC4)CC(N4CCC[C@H]4c4ccccc4C(C)C)C5)cc3)cc2[N+](=O)[O-])CC1. The minimum Gasteiger partial charge on any atom is -0.379 e. The molecule has 2 N–H and O–H groups in total. The number of nitro benzene ring substituents is 1. The van der Waals surface area contributed by atoms with Gasteiger partial charge in [0.1, 0.15) is 5.69 Å². The number of nitrogens with zero attached hydrogens (tertiary/aromatic N) is 3. The molecule has 0 bridgehead atoms. The summed E-state index contributed by atoms with van der Waals surface area (Å²) < 4.78 is 34.2. The highest BCUT2D eigenvalue weighted by molar-refractivity contribution is 7.90. The average Bonchev–Trinajstić information content (AvgIpc) is 3.66. The Morgan fingerprint density at radius 1 is 0.964 bits per heavy atom. The van der Waals surface area contributed by atoms with Crippen LogP contribution in [0.3, 0.4) is 0 Å². The number of hydrogen-bond donors (Lipinski definition) is 2. The van der Waals surface area contributed by atoms with Gasteiger partial charge in [0.25, 0.3) is 21.6 Å². The maximum atomic E-state index is 13.2. The maximum absolute atomic E-state index is 13.2. The van der Waals surface area contributed by atoms with Crippen LogP contribution in [0.1, 0.15) is 118 Å². The topological polar surface area (TPSA) is 134 Å². The molecule has 1 spiro atoms. The zero-order chi connectivity index (χ0) is 39.0. The summed E-state index contributed by atoms with van der Waals surface area (Å²) in [4.78, 5) is 29.3. The second kappa shape index (κ2) is 15.9. The van der Waals surface area contributed by atoms with Crippen LogP contribution in [0.25, 0.3) is 0 Å². The third-order valence-electron chi connectivity index (χ3n) is 13.3. The molecule has 0 unspecified atom stereocenters. The molecule has 55 heavy (non-hydrogen) atoms. The van der Waals surface area contributed by atoms with Gasteiger partial charge < -0.3 is 15.0 Å². The summed E-state index contributed by atoms with van der Waals surface area (Å²) in [5, 5.41) is 15.1. The minimum absolute atomic E-state index is 0.137. The van der Waals surface area contributed by atoms with E-state index in [1.54, 1.807) is 19.2 Å². The van der Waals surface area contributed by atoms with Gasteiger partial charge in [-0.25, -0.2) is 13.1 Å². The van der Waals surface area contributed by atoms with Gasteiger partial charge in [0.2, 0.25) is 0 Å². The predicted molar refractivity (Wildman–Crippen MR) is 216 cm³/mol. The van der Waals surface area contributed by atoms with E-state index in [0.717, 1.165) is 63.4 Å². The van der Waals surface area contributed by atoms with Gasteiger partial charge in [-0.1, -0.05) is 38.1 Å². The van der Waals surface area contributed by atoms with Crippen LogP contribution in [0.15, 0.2) is 71.6 Å². The van der Waals surface area contributed by atoms with E-state index >= 15 is 0 Å². The summed E-state index contributed by atoms with van der Waals surface area (Å²) in [5.41, 5.74) is 4.36. The van der Waals surface area contributed by atoms with Crippen molar-refractivity contribution in [3.63, 3.8) is 0 Å². The number of ether oxygens (including phenoxy) is 1. The van der Waals surface area contributed by atoms with Crippen molar-refractivity contribution in [1.82, 2.24) is 9.62 Å². The minimum atomic E-state index is -4.37. The first-order valence-corrected chi connectivity index (χ1v) is 21.6. The molecule has 2 aliphatic carbocycles. The second-order valence-corrected chi connectivity index (χ2v) is 18.8. The highest BCUT2D eigenvalue weighted by atomic mass is 32.2. The molecule has 0 radical (unpaired) electrons. The summed E-state index contributed by atoms with van der Waals surface area (Å²) in [6, 6.07) is 20.9. The average molecular weight is 772 g/mol. The quantitative estimate of drug-likeness (QED) is 0.138. The fourth-order valence-electron chi connectivity index (χ4n) is 9.72. The van der Waals surface area contributed by atoms with E-state index in [1.807, 2.05) is 12.1 Å². The van der Waals surface area contributed by atoms with Crippen LogP contribution < -0.4 is 14.9 Å². The van der Waals surface area contributed by atoms with Gasteiger partial charge in [-0.15, -0.1) is 0 Å². The molecule has 2 aliphatic heterocycles. The first-order valence-electron chi connectivity index (χ1n) is 20.1. The largest absolute Gasteiger partial charge is 0.379 e. The molecule has 2 saturated carbocycles. The van der Waals surface area contributed by atoms with E-state index in [2.05, 4.69) is 64.9 Å². The Hall–Kier alpha value is -4.00. The fraction of sp³-hybridized carbons (Fsp3) is 0.558. The zero-order valence-electron chi connectivity index (χ0n) is 32.8. The first-order chi connectivity index (χ1) is 26.3. The smallest absolute Gasteiger partial charge is 0.293 e. The van der Waals surface area contributed by atoms with E-state index in [1.165, 1.54) is 55.5 Å². The molecule has 11 nitrogen and oxygen atoms in total. The normalized spacial score (nSPS) is 24.5. The van der Waals surface area contributed by atoms with Crippen molar-refractivity contribution in [2.75, 3.05) is 43.5 Å². The molecule has 4 fully saturated rings. The number of amides is 1. The van der Waals surface area contributed by atoms with Crippen LogP contribution >= 0.6 is 0 Å². The molecule has 1 atom stereocenters. The molecule has 7 rings (SSSR count). The van der Waals surface area contributed by atoms with Gasteiger partial charge in [0, 0.05) is 56.1 Å². The van der Waals surface area contributed by atoms with Crippen LogP contribution in [-0.2, 0) is 14.8 Å². The van der Waals surface area contributed by atoms with E-state index < -0.39 is 20.9 Å². The van der Waals surface area contributed by atoms with Crippen molar-refractivity contribution < 1.29 is 22.9 Å². The van der Waals surface area contributed by atoms with Gasteiger partial charge in [-0.3, -0.25) is 19.8 Å². The van der Waals surface area contributed by atoms with Crippen LogP contribution in [0.4, 0.5) is 17.1 Å². The lowest BCUT2D eigenvalue weighted by atomic mass is 9.59. The van der Waals surface area contributed by atoms with Crippen molar-refractivity contribution in [2.45, 2.75) is 113 Å². The molecule has 2 heterocycles. The Morgan fingerprint density at radius 2 is 1.65 bits per heavy atom. The third kappa shape index (κ3) is 8.42. The molecular weight excluding hydrogens is 715 g/mol. The Kier molecular flexibility index (Phi) is 11.3. The summed E-state index contributed by atoms with van der Waals surface area (Å²) in [5.74, 6) is 0.0624. The summed E-state index contributed by atoms with van der Waals surface area (Å²) in [7, 11) is -2.65. The number of rotatable bonds is 12. The number of hydrogen-bond acceptors (Lipinski definition) is 9. The molecule has 1 amide bonds. The molecule has 4 aliphatic rings. The van der Waals surface area contributed by atoms with Crippen LogP contribution in [0.2, 0.25) is 0 Å². The van der Waals surface area contributed by atoms with Crippen molar-refractivity contribution >= 4 is 33.0 Å². The predicted octanol–water partition coefficient (Wildman–Crippen LogP) is 8.43. The highest BCUT2D eigenvalue weighted by Gasteiger charge is 2.50. The summed E-state index contributed by atoms with van der Waals surface area (Å²) >= 11 is 0. The van der Waals surface area contributed by atoms with Crippen LogP contribution in [0.5, 0.6) is 0 Å². The van der Waals surface area contributed by atoms with Gasteiger partial charge in [0.05, 0.1) is 15.4 Å². The standard InChI is InChI=1S/C43H57N5O6S/c1-30(2)36-8-5-6-9-37(36)39-10-7-23-47(39)34-27-43(28-34)21-24-46(25-22-43)33-13-11-32(12-14-33)41(49)45-55(52,53)35-15-16-38(40(26-35)48(50)51)44-29-31-17-19-42(3,54-4)20-18-31/h5-6,8-9,11-16,26,30-31,34,39,44H,7,10,17-25,27-29H2,1-4H3,(H,45,49)/t31?,39-,42?/m0/s1. The monoisotopic (exact) mass is 771 g/mol. The number of carbonyl (C=O) groups excluding carboxylic acids is 1. The maximum Gasteiger partial charge on any atom is 0.293 e.